The zero-order valence-electron chi connectivity index (χ0n) is 11.7. The summed E-state index contributed by atoms with van der Waals surface area (Å²) in [6, 6.07) is 10.2. The third-order valence-corrected chi connectivity index (χ3v) is 3.67. The summed E-state index contributed by atoms with van der Waals surface area (Å²) >= 11 is 6.56. The fourth-order valence-corrected chi connectivity index (χ4v) is 2.40. The number of thiocarbonyl (C=S) groups is 1. The standard InChI is InChI=1S/C14H17N5S2/c1-10(12-9-21-13(15)17-12)18-19-14(20)16-8-7-11-5-3-2-4-6-11/h2-6,9H,7-8H2,1H3,(H2,15,17)(H2,16,19,20). The molecule has 0 radical (unpaired) electrons. The molecule has 1 aromatic carbocycles. The van der Waals surface area contributed by atoms with Gasteiger partial charge in [0, 0.05) is 11.9 Å². The van der Waals surface area contributed by atoms with Crippen molar-refractivity contribution in [3.05, 3.63) is 47.0 Å². The van der Waals surface area contributed by atoms with Crippen molar-refractivity contribution in [2.75, 3.05) is 12.3 Å². The number of thiazole rings is 1. The average Bonchev–Trinajstić information content (AvgIpc) is 2.92. The zero-order chi connectivity index (χ0) is 15.1. The molecule has 0 spiro atoms. The molecule has 1 heterocycles. The summed E-state index contributed by atoms with van der Waals surface area (Å²) in [6.45, 7) is 2.61. The van der Waals surface area contributed by atoms with Gasteiger partial charge in [-0.15, -0.1) is 11.3 Å². The van der Waals surface area contributed by atoms with Gasteiger partial charge in [0.15, 0.2) is 10.2 Å². The first-order chi connectivity index (χ1) is 10.1. The van der Waals surface area contributed by atoms with Crippen molar-refractivity contribution in [1.29, 1.82) is 0 Å². The van der Waals surface area contributed by atoms with E-state index in [1.165, 1.54) is 16.9 Å². The Balaban J connectivity index is 1.74. The molecule has 21 heavy (non-hydrogen) atoms. The van der Waals surface area contributed by atoms with Crippen molar-refractivity contribution in [1.82, 2.24) is 15.7 Å². The Morgan fingerprint density at radius 3 is 2.81 bits per heavy atom. The van der Waals surface area contributed by atoms with Crippen LogP contribution in [-0.4, -0.2) is 22.4 Å². The molecule has 4 N–H and O–H groups in total. The van der Waals surface area contributed by atoms with Crippen LogP contribution >= 0.6 is 23.6 Å². The van der Waals surface area contributed by atoms with Crippen LogP contribution in [-0.2, 0) is 6.42 Å². The predicted octanol–water partition coefficient (Wildman–Crippen LogP) is 2.16. The van der Waals surface area contributed by atoms with Crippen molar-refractivity contribution >= 4 is 39.5 Å². The lowest BCUT2D eigenvalue weighted by molar-refractivity contribution is 0.836. The Kier molecular flexibility index (Phi) is 5.65. The van der Waals surface area contributed by atoms with Gasteiger partial charge in [0.05, 0.1) is 11.4 Å². The van der Waals surface area contributed by atoms with Crippen LogP contribution in [0.15, 0.2) is 40.8 Å². The summed E-state index contributed by atoms with van der Waals surface area (Å²) in [5.74, 6) is 0. The number of hydrazone groups is 1. The molecule has 0 unspecified atom stereocenters. The molecule has 0 saturated heterocycles. The number of nitrogens with zero attached hydrogens (tertiary/aromatic N) is 2. The van der Waals surface area contributed by atoms with Crippen LogP contribution in [0.2, 0.25) is 0 Å². The molecule has 7 heteroatoms. The number of hydrogen-bond acceptors (Lipinski definition) is 5. The second kappa shape index (κ2) is 7.70. The summed E-state index contributed by atoms with van der Waals surface area (Å²) in [7, 11) is 0. The number of hydrogen-bond donors (Lipinski definition) is 3. The second-order valence-electron chi connectivity index (χ2n) is 4.37. The van der Waals surface area contributed by atoms with Gasteiger partial charge >= 0.3 is 0 Å². The fourth-order valence-electron chi connectivity index (χ4n) is 1.65. The molecule has 0 fully saturated rings. The lowest BCUT2D eigenvalue weighted by atomic mass is 10.1. The van der Waals surface area contributed by atoms with Gasteiger partial charge in [-0.2, -0.15) is 5.10 Å². The van der Waals surface area contributed by atoms with Crippen LogP contribution in [0, 0.1) is 0 Å². The van der Waals surface area contributed by atoms with Crippen LogP contribution in [0.3, 0.4) is 0 Å². The average molecular weight is 319 g/mol. The minimum Gasteiger partial charge on any atom is -0.375 e. The largest absolute Gasteiger partial charge is 0.375 e. The predicted molar refractivity (Wildman–Crippen MR) is 92.6 cm³/mol. The molecule has 0 atom stereocenters. The van der Waals surface area contributed by atoms with Crippen molar-refractivity contribution in [2.24, 2.45) is 5.10 Å². The summed E-state index contributed by atoms with van der Waals surface area (Å²) in [5, 5.41) is 10.2. The van der Waals surface area contributed by atoms with Crippen molar-refractivity contribution in [3.63, 3.8) is 0 Å². The van der Waals surface area contributed by atoms with Gasteiger partial charge in [-0.1, -0.05) is 30.3 Å². The summed E-state index contributed by atoms with van der Waals surface area (Å²) in [4.78, 5) is 4.15. The smallest absolute Gasteiger partial charge is 0.186 e. The molecule has 0 amide bonds. The van der Waals surface area contributed by atoms with E-state index in [1.807, 2.05) is 30.5 Å². The summed E-state index contributed by atoms with van der Waals surface area (Å²) < 4.78 is 0. The minimum atomic E-state index is 0.494. The van der Waals surface area contributed by atoms with Crippen LogP contribution in [0.5, 0.6) is 0 Å². The quantitative estimate of drug-likeness (QED) is 0.447. The number of benzene rings is 1. The molecule has 0 aliphatic heterocycles. The van der Waals surface area contributed by atoms with Gasteiger partial charge < -0.3 is 11.1 Å². The van der Waals surface area contributed by atoms with E-state index in [0.29, 0.717) is 10.2 Å². The minimum absolute atomic E-state index is 0.494. The topological polar surface area (TPSA) is 75.3 Å². The number of rotatable bonds is 5. The Morgan fingerprint density at radius 2 is 2.14 bits per heavy atom. The van der Waals surface area contributed by atoms with E-state index in [9.17, 15) is 0 Å². The molecule has 1 aromatic heterocycles. The van der Waals surface area contributed by atoms with Crippen LogP contribution in [0.1, 0.15) is 18.2 Å². The monoisotopic (exact) mass is 319 g/mol. The zero-order valence-corrected chi connectivity index (χ0v) is 13.3. The van der Waals surface area contributed by atoms with Crippen molar-refractivity contribution < 1.29 is 0 Å². The summed E-state index contributed by atoms with van der Waals surface area (Å²) in [6.07, 6.45) is 0.911. The van der Waals surface area contributed by atoms with Gasteiger partial charge in [-0.25, -0.2) is 4.98 Å². The first-order valence-corrected chi connectivity index (χ1v) is 7.77. The number of nitrogen functional groups attached to an aromatic ring is 1. The van der Waals surface area contributed by atoms with Crippen molar-refractivity contribution in [2.45, 2.75) is 13.3 Å². The maximum Gasteiger partial charge on any atom is 0.186 e. The Labute approximate surface area is 133 Å². The first-order valence-electron chi connectivity index (χ1n) is 6.48. The van der Waals surface area contributed by atoms with E-state index < -0.39 is 0 Å². The van der Waals surface area contributed by atoms with Gasteiger partial charge in [0.1, 0.15) is 0 Å². The molecule has 0 aliphatic rings. The van der Waals surface area contributed by atoms with Gasteiger partial charge in [-0.3, -0.25) is 5.43 Å². The van der Waals surface area contributed by atoms with E-state index in [4.69, 9.17) is 18.0 Å². The fraction of sp³-hybridized carbons (Fsp3) is 0.214. The highest BCUT2D eigenvalue weighted by Gasteiger charge is 2.02. The van der Waals surface area contributed by atoms with Crippen molar-refractivity contribution in [3.8, 4) is 0 Å². The van der Waals surface area contributed by atoms with Crippen LogP contribution in [0.25, 0.3) is 0 Å². The maximum atomic E-state index is 5.59. The van der Waals surface area contributed by atoms with E-state index in [-0.39, 0.29) is 0 Å². The summed E-state index contributed by atoms with van der Waals surface area (Å²) in [5.41, 5.74) is 11.2. The molecular weight excluding hydrogens is 302 g/mol. The second-order valence-corrected chi connectivity index (χ2v) is 5.67. The lowest BCUT2D eigenvalue weighted by Crippen LogP contribution is -2.34. The first kappa shape index (κ1) is 15.4. The highest BCUT2D eigenvalue weighted by molar-refractivity contribution is 7.80. The number of aromatic nitrogens is 1. The Hall–Kier alpha value is -1.99. The van der Waals surface area contributed by atoms with Crippen LogP contribution in [0.4, 0.5) is 5.13 Å². The normalized spacial score (nSPS) is 11.2. The van der Waals surface area contributed by atoms with E-state index in [1.54, 1.807) is 0 Å². The van der Waals surface area contributed by atoms with Gasteiger partial charge in [0.25, 0.3) is 0 Å². The highest BCUT2D eigenvalue weighted by Crippen LogP contribution is 2.11. The molecule has 0 saturated carbocycles. The number of anilines is 1. The number of nitrogens with two attached hydrogens (primary N) is 1. The Bertz CT molecular complexity index is 621. The molecule has 110 valence electrons. The van der Waals surface area contributed by atoms with E-state index in [2.05, 4.69) is 33.0 Å². The molecule has 0 bridgehead atoms. The lowest BCUT2D eigenvalue weighted by Gasteiger charge is -2.07. The highest BCUT2D eigenvalue weighted by atomic mass is 32.1. The van der Waals surface area contributed by atoms with Gasteiger partial charge in [0.2, 0.25) is 0 Å². The number of nitrogens with one attached hydrogen (secondary N) is 2. The molecule has 5 nitrogen and oxygen atoms in total. The molecular formula is C14H17N5S2. The molecule has 2 aromatic rings. The van der Waals surface area contributed by atoms with E-state index >= 15 is 0 Å². The van der Waals surface area contributed by atoms with E-state index in [0.717, 1.165) is 24.4 Å². The Morgan fingerprint density at radius 1 is 1.38 bits per heavy atom. The van der Waals surface area contributed by atoms with Gasteiger partial charge in [-0.05, 0) is 31.1 Å². The maximum absolute atomic E-state index is 5.59. The third kappa shape index (κ3) is 5.13. The molecule has 2 rings (SSSR count). The third-order valence-electron chi connectivity index (χ3n) is 2.76. The molecule has 0 aliphatic carbocycles. The van der Waals surface area contributed by atoms with Crippen LogP contribution < -0.4 is 16.5 Å². The SMILES string of the molecule is CC(=NNC(=S)NCCc1ccccc1)c1csc(N)n1.